The van der Waals surface area contributed by atoms with Gasteiger partial charge in [0, 0.05) is 12.3 Å². The topological polar surface area (TPSA) is 112 Å². The van der Waals surface area contributed by atoms with Gasteiger partial charge in [-0.1, -0.05) is 6.07 Å². The van der Waals surface area contributed by atoms with Crippen LogP contribution in [0.3, 0.4) is 0 Å². The van der Waals surface area contributed by atoms with Crippen LogP contribution in [-0.2, 0) is 9.59 Å². The van der Waals surface area contributed by atoms with Gasteiger partial charge in [0.2, 0.25) is 11.6 Å². The van der Waals surface area contributed by atoms with Gasteiger partial charge in [-0.15, -0.1) is 0 Å². The summed E-state index contributed by atoms with van der Waals surface area (Å²) >= 11 is 1.75. The van der Waals surface area contributed by atoms with Crippen LogP contribution in [0.4, 0.5) is 18.9 Å². The number of nitrogens with one attached hydrogen (secondary N) is 2. The van der Waals surface area contributed by atoms with Gasteiger partial charge in [0.15, 0.2) is 5.75 Å². The van der Waals surface area contributed by atoms with E-state index in [1.165, 1.54) is 18.2 Å². The molecule has 1 aromatic heterocycles. The lowest BCUT2D eigenvalue weighted by molar-refractivity contribution is -0.145. The van der Waals surface area contributed by atoms with Gasteiger partial charge in [0.25, 0.3) is 5.91 Å². The van der Waals surface area contributed by atoms with Crippen LogP contribution in [0.5, 0.6) is 5.75 Å². The molecule has 1 saturated carbocycles. The molecule has 0 spiro atoms. The number of furan rings is 1. The van der Waals surface area contributed by atoms with Gasteiger partial charge in [-0.25, -0.2) is 0 Å². The van der Waals surface area contributed by atoms with Gasteiger partial charge in [-0.3, -0.25) is 19.7 Å². The molecule has 3 unspecified atom stereocenters. The number of benzene rings is 1. The average Bonchev–Trinajstić information content (AvgIpc) is 3.50. The van der Waals surface area contributed by atoms with E-state index < -0.39 is 48.0 Å². The molecule has 4 atom stereocenters. The minimum Gasteiger partial charge on any atom is -0.505 e. The van der Waals surface area contributed by atoms with E-state index in [1.807, 2.05) is 19.1 Å². The monoisotopic (exact) mass is 525 g/mol. The third kappa shape index (κ3) is 5.39. The lowest BCUT2D eigenvalue weighted by Gasteiger charge is -2.38. The number of halogens is 3. The number of aromatic hydroxyl groups is 1. The van der Waals surface area contributed by atoms with Crippen LogP contribution in [0, 0.1) is 6.92 Å². The molecule has 36 heavy (non-hydrogen) atoms. The Kier molecular flexibility index (Phi) is 7.37. The second-order valence-electron chi connectivity index (χ2n) is 8.95. The standard InChI is InChI=1S/C24H26F3N3O5S/c1-12-8-9-15(35-12)17(16-7-4-10-36-16)29-19-18(21(32)22(19)33)28-14-6-3-5-13(20(14)31)23(34)30(2)11-24(25,26)27/h3,5-6,8-9,16-19,28-29,31H,4,7,10-11H2,1-2H3/t16?,17-,18?,19?/m0/s1. The van der Waals surface area contributed by atoms with E-state index in [2.05, 4.69) is 10.6 Å². The normalized spacial score (nSPS) is 22.9. The average molecular weight is 526 g/mol. The predicted octanol–water partition coefficient (Wildman–Crippen LogP) is 3.46. The minimum absolute atomic E-state index is 0.0421. The Labute approximate surface area is 209 Å². The summed E-state index contributed by atoms with van der Waals surface area (Å²) in [4.78, 5) is 37.9. The number of carbonyl (C=O) groups is 3. The van der Waals surface area contributed by atoms with Gasteiger partial charge in [-0.05, 0) is 49.8 Å². The number of Topliss-reactive ketones (excluding diaryl/α,β-unsaturated/α-hetero) is 2. The molecule has 0 radical (unpaired) electrons. The number of hydrogen-bond donors (Lipinski definition) is 3. The predicted molar refractivity (Wildman–Crippen MR) is 127 cm³/mol. The highest BCUT2D eigenvalue weighted by Gasteiger charge is 2.51. The van der Waals surface area contributed by atoms with Gasteiger partial charge in [0.05, 0.1) is 17.3 Å². The quantitative estimate of drug-likeness (QED) is 0.355. The van der Waals surface area contributed by atoms with Gasteiger partial charge in [-0.2, -0.15) is 24.9 Å². The van der Waals surface area contributed by atoms with Crippen molar-refractivity contribution in [2.24, 2.45) is 0 Å². The van der Waals surface area contributed by atoms with Crippen LogP contribution in [0.2, 0.25) is 0 Å². The molecule has 4 rings (SSSR count). The van der Waals surface area contributed by atoms with E-state index in [-0.39, 0.29) is 22.5 Å². The number of alkyl halides is 3. The summed E-state index contributed by atoms with van der Waals surface area (Å²) in [7, 11) is 0.973. The summed E-state index contributed by atoms with van der Waals surface area (Å²) in [6.07, 6.45) is -2.68. The molecule has 3 N–H and O–H groups in total. The number of phenols is 1. The summed E-state index contributed by atoms with van der Waals surface area (Å²) in [5.74, 6) is -0.628. The lowest BCUT2D eigenvalue weighted by atomic mass is 9.81. The van der Waals surface area contributed by atoms with Crippen molar-refractivity contribution in [1.82, 2.24) is 10.2 Å². The Bertz CT molecular complexity index is 1160. The molecule has 2 heterocycles. The molecule has 8 nitrogen and oxygen atoms in total. The van der Waals surface area contributed by atoms with Gasteiger partial charge < -0.3 is 19.7 Å². The largest absolute Gasteiger partial charge is 0.505 e. The summed E-state index contributed by atoms with van der Waals surface area (Å²) < 4.78 is 43.9. The highest BCUT2D eigenvalue weighted by atomic mass is 32.2. The fourth-order valence-electron chi connectivity index (χ4n) is 4.43. The maximum atomic E-state index is 12.7. The molecule has 1 aliphatic heterocycles. The van der Waals surface area contributed by atoms with Gasteiger partial charge in [0.1, 0.15) is 30.1 Å². The number of ketones is 2. The molecule has 2 aromatic rings. The first-order valence-corrected chi connectivity index (χ1v) is 12.4. The zero-order valence-corrected chi connectivity index (χ0v) is 20.4. The van der Waals surface area contributed by atoms with Crippen molar-refractivity contribution in [3.8, 4) is 5.75 Å². The van der Waals surface area contributed by atoms with Crippen molar-refractivity contribution in [3.63, 3.8) is 0 Å². The Morgan fingerprint density at radius 3 is 2.56 bits per heavy atom. The number of hydrogen-bond acceptors (Lipinski definition) is 8. The Morgan fingerprint density at radius 2 is 1.94 bits per heavy atom. The first kappa shape index (κ1) is 26.1. The van der Waals surface area contributed by atoms with Gasteiger partial charge >= 0.3 is 6.18 Å². The maximum Gasteiger partial charge on any atom is 0.406 e. The number of para-hydroxylation sites is 1. The summed E-state index contributed by atoms with van der Waals surface area (Å²) in [6, 6.07) is 5.31. The number of anilines is 1. The summed E-state index contributed by atoms with van der Waals surface area (Å²) in [5, 5.41) is 16.8. The van der Waals surface area contributed by atoms with E-state index >= 15 is 0 Å². The minimum atomic E-state index is -4.60. The number of carbonyl (C=O) groups excluding carboxylic acids is 3. The SMILES string of the molecule is Cc1ccc([C@H](NC2C(=O)C(=O)C2Nc2cccc(C(=O)N(C)CC(F)(F)F)c2O)C2CCCS2)o1. The molecule has 1 amide bonds. The molecule has 2 fully saturated rings. The molecule has 12 heteroatoms. The van der Waals surface area contributed by atoms with Crippen molar-refractivity contribution >= 4 is 34.9 Å². The van der Waals surface area contributed by atoms with Crippen LogP contribution in [0.1, 0.15) is 40.8 Å². The lowest BCUT2D eigenvalue weighted by Crippen LogP contribution is -2.68. The van der Waals surface area contributed by atoms with E-state index in [9.17, 15) is 32.7 Å². The number of phenolic OH excluding ortho intramolecular Hbond substituents is 1. The highest BCUT2D eigenvalue weighted by Crippen LogP contribution is 2.38. The number of aryl methyl sites for hydroxylation is 1. The fraction of sp³-hybridized carbons (Fsp3) is 0.458. The number of thioether (sulfide) groups is 1. The third-order valence-electron chi connectivity index (χ3n) is 6.25. The smallest absolute Gasteiger partial charge is 0.406 e. The van der Waals surface area contributed by atoms with Crippen molar-refractivity contribution in [3.05, 3.63) is 47.4 Å². The van der Waals surface area contributed by atoms with E-state index in [1.54, 1.807) is 11.8 Å². The first-order valence-electron chi connectivity index (χ1n) is 11.4. The van der Waals surface area contributed by atoms with Crippen LogP contribution < -0.4 is 10.6 Å². The van der Waals surface area contributed by atoms with Crippen molar-refractivity contribution < 1.29 is 37.1 Å². The number of rotatable bonds is 8. The molecular weight excluding hydrogens is 499 g/mol. The van der Waals surface area contributed by atoms with Crippen LogP contribution in [0.15, 0.2) is 34.7 Å². The zero-order chi connectivity index (χ0) is 26.2. The fourth-order valence-corrected chi connectivity index (χ4v) is 5.81. The van der Waals surface area contributed by atoms with Crippen LogP contribution >= 0.6 is 11.8 Å². The highest BCUT2D eigenvalue weighted by molar-refractivity contribution is 8.00. The molecule has 1 aromatic carbocycles. The molecule has 1 saturated heterocycles. The molecular formula is C24H26F3N3O5S. The molecule has 194 valence electrons. The van der Waals surface area contributed by atoms with Crippen molar-refractivity contribution in [2.75, 3.05) is 24.7 Å². The summed E-state index contributed by atoms with van der Waals surface area (Å²) in [5.41, 5.74) is -0.403. The van der Waals surface area contributed by atoms with Crippen LogP contribution in [0.25, 0.3) is 0 Å². The second-order valence-corrected chi connectivity index (χ2v) is 10.3. The number of amides is 1. The van der Waals surface area contributed by atoms with Crippen molar-refractivity contribution in [2.45, 2.75) is 49.3 Å². The van der Waals surface area contributed by atoms with Crippen LogP contribution in [-0.4, -0.2) is 70.3 Å². The Morgan fingerprint density at radius 1 is 1.22 bits per heavy atom. The second kappa shape index (κ2) is 10.2. The van der Waals surface area contributed by atoms with E-state index in [0.717, 1.165) is 25.6 Å². The van der Waals surface area contributed by atoms with Crippen molar-refractivity contribution in [1.29, 1.82) is 0 Å². The number of nitrogens with zero attached hydrogens (tertiary/aromatic N) is 1. The first-order chi connectivity index (χ1) is 17.0. The summed E-state index contributed by atoms with van der Waals surface area (Å²) in [6.45, 7) is 0.325. The molecule has 1 aliphatic carbocycles. The zero-order valence-electron chi connectivity index (χ0n) is 19.6. The maximum absolute atomic E-state index is 12.7. The Hall–Kier alpha value is -2.99. The van der Waals surface area contributed by atoms with E-state index in [0.29, 0.717) is 16.4 Å². The third-order valence-corrected chi connectivity index (χ3v) is 7.71. The molecule has 0 bridgehead atoms. The Balaban J connectivity index is 1.53. The van der Waals surface area contributed by atoms with E-state index in [4.69, 9.17) is 4.42 Å². The molecule has 2 aliphatic rings.